The number of aryl methyl sites for hydroxylation is 1. The van der Waals surface area contributed by atoms with Gasteiger partial charge in [-0.15, -0.1) is 0 Å². The van der Waals surface area contributed by atoms with Crippen LogP contribution in [0.5, 0.6) is 5.75 Å². The minimum atomic E-state index is -0.793. The Balaban J connectivity index is 1.32. The molecule has 0 aromatic heterocycles. The van der Waals surface area contributed by atoms with Crippen molar-refractivity contribution in [1.29, 1.82) is 0 Å². The van der Waals surface area contributed by atoms with Gasteiger partial charge in [-0.25, -0.2) is 4.39 Å². The fraction of sp³-hybridized carbons (Fsp3) is 0.733. The number of halogens is 2. The van der Waals surface area contributed by atoms with Crippen molar-refractivity contribution >= 4 is 6.08 Å². The van der Waals surface area contributed by atoms with Gasteiger partial charge in [0.05, 0.1) is 6.10 Å². The van der Waals surface area contributed by atoms with Crippen LogP contribution >= 0.6 is 0 Å². The Labute approximate surface area is 200 Å². The molecule has 1 aromatic rings. The molecule has 1 heterocycles. The summed E-state index contributed by atoms with van der Waals surface area (Å²) in [6, 6.07) is 1.82. The monoisotopic (exact) mass is 458 g/mol. The van der Waals surface area contributed by atoms with Crippen LogP contribution in [-0.4, -0.2) is 6.10 Å². The standard InChI is InChI=1S/C30H44F2O/c1-3-5-6-7-27-19-18-26-20-25(28(31)29(32)30(26)33-27)17-12-22-10-15-24(16-11-22)23-13-8-21(4-2)9-14-23/h12,17,20-24,27H,3-11,13-16,18-19H2,1-2H3. The van der Waals surface area contributed by atoms with Gasteiger partial charge in [0.2, 0.25) is 5.82 Å². The van der Waals surface area contributed by atoms with Crippen molar-refractivity contribution in [3.05, 3.63) is 34.9 Å². The fourth-order valence-electron chi connectivity index (χ4n) is 6.60. The second-order valence-electron chi connectivity index (χ2n) is 11.1. The van der Waals surface area contributed by atoms with Crippen molar-refractivity contribution < 1.29 is 13.5 Å². The topological polar surface area (TPSA) is 9.23 Å². The van der Waals surface area contributed by atoms with Gasteiger partial charge in [0.25, 0.3) is 0 Å². The quantitative estimate of drug-likeness (QED) is 0.353. The van der Waals surface area contributed by atoms with E-state index in [4.69, 9.17) is 4.74 Å². The Bertz CT molecular complexity index is 785. The molecule has 184 valence electrons. The summed E-state index contributed by atoms with van der Waals surface area (Å²) >= 11 is 0. The van der Waals surface area contributed by atoms with Crippen LogP contribution in [0.15, 0.2) is 12.1 Å². The van der Waals surface area contributed by atoms with Gasteiger partial charge in [-0.3, -0.25) is 0 Å². The van der Waals surface area contributed by atoms with E-state index in [1.165, 1.54) is 57.8 Å². The molecule has 4 rings (SSSR count). The molecule has 3 aliphatic rings. The van der Waals surface area contributed by atoms with Crippen LogP contribution in [0.2, 0.25) is 0 Å². The van der Waals surface area contributed by atoms with E-state index in [9.17, 15) is 8.78 Å². The van der Waals surface area contributed by atoms with Crippen LogP contribution in [0.1, 0.15) is 115 Å². The second kappa shape index (κ2) is 11.8. The maximum atomic E-state index is 14.8. The first-order valence-corrected chi connectivity index (χ1v) is 13.9. The highest BCUT2D eigenvalue weighted by molar-refractivity contribution is 5.55. The molecule has 2 saturated carbocycles. The SMILES string of the molecule is CCCCCC1CCc2cc(C=CC3CCC(C4CCC(CC)CC4)CC3)c(F)c(F)c2O1. The van der Waals surface area contributed by atoms with E-state index in [0.29, 0.717) is 11.5 Å². The molecular formula is C30H44F2O. The number of unbranched alkanes of at least 4 members (excludes halogenated alkanes) is 2. The second-order valence-corrected chi connectivity index (χ2v) is 11.1. The molecule has 1 aromatic carbocycles. The lowest BCUT2D eigenvalue weighted by atomic mass is 9.69. The summed E-state index contributed by atoms with van der Waals surface area (Å²) in [5.41, 5.74) is 1.21. The normalized spacial score (nSPS) is 30.2. The first-order valence-electron chi connectivity index (χ1n) is 13.9. The molecule has 0 amide bonds. The van der Waals surface area contributed by atoms with Gasteiger partial charge in [0, 0.05) is 5.56 Å². The first kappa shape index (κ1) is 24.7. The lowest BCUT2D eigenvalue weighted by molar-refractivity contribution is 0.151. The Morgan fingerprint density at radius 1 is 0.879 bits per heavy atom. The van der Waals surface area contributed by atoms with E-state index in [0.717, 1.165) is 61.8 Å². The summed E-state index contributed by atoms with van der Waals surface area (Å²) in [5, 5.41) is 0. The zero-order chi connectivity index (χ0) is 23.2. The maximum absolute atomic E-state index is 14.8. The molecule has 1 aliphatic heterocycles. The number of hydrogen-bond acceptors (Lipinski definition) is 1. The molecule has 1 atom stereocenters. The van der Waals surface area contributed by atoms with Crippen molar-refractivity contribution in [3.8, 4) is 5.75 Å². The zero-order valence-corrected chi connectivity index (χ0v) is 20.9. The van der Waals surface area contributed by atoms with E-state index in [-0.39, 0.29) is 11.9 Å². The molecule has 0 radical (unpaired) electrons. The predicted molar refractivity (Wildman–Crippen MR) is 133 cm³/mol. The minimum Gasteiger partial charge on any atom is -0.487 e. The van der Waals surface area contributed by atoms with E-state index in [1.807, 2.05) is 12.1 Å². The number of fused-ring (bicyclic) bond motifs is 1. The van der Waals surface area contributed by atoms with Crippen LogP contribution in [0.25, 0.3) is 6.08 Å². The Hall–Kier alpha value is -1.38. The largest absolute Gasteiger partial charge is 0.487 e. The van der Waals surface area contributed by atoms with Crippen LogP contribution in [0.4, 0.5) is 8.78 Å². The van der Waals surface area contributed by atoms with E-state index in [1.54, 1.807) is 0 Å². The van der Waals surface area contributed by atoms with Gasteiger partial charge < -0.3 is 4.74 Å². The number of benzene rings is 1. The molecule has 1 unspecified atom stereocenters. The molecule has 0 spiro atoms. The van der Waals surface area contributed by atoms with Crippen molar-refractivity contribution in [1.82, 2.24) is 0 Å². The number of hydrogen-bond donors (Lipinski definition) is 0. The van der Waals surface area contributed by atoms with Crippen molar-refractivity contribution in [3.63, 3.8) is 0 Å². The summed E-state index contributed by atoms with van der Waals surface area (Å²) < 4.78 is 35.6. The Kier molecular flexibility index (Phi) is 8.88. The minimum absolute atomic E-state index is 0.0200. The molecule has 0 saturated heterocycles. The van der Waals surface area contributed by atoms with Gasteiger partial charge in [0.15, 0.2) is 11.6 Å². The summed E-state index contributed by atoms with van der Waals surface area (Å²) in [5.74, 6) is 1.88. The molecular weight excluding hydrogens is 414 g/mol. The first-order chi connectivity index (χ1) is 16.1. The average molecular weight is 459 g/mol. The van der Waals surface area contributed by atoms with Crippen LogP contribution in [0, 0.1) is 35.3 Å². The molecule has 3 heteroatoms. The lowest BCUT2D eigenvalue weighted by Gasteiger charge is -2.37. The highest BCUT2D eigenvalue weighted by Crippen LogP contribution is 2.42. The summed E-state index contributed by atoms with van der Waals surface area (Å²) in [6.07, 6.45) is 22.0. The summed E-state index contributed by atoms with van der Waals surface area (Å²) in [6.45, 7) is 4.50. The average Bonchev–Trinajstić information content (AvgIpc) is 2.86. The third-order valence-corrected chi connectivity index (χ3v) is 8.92. The smallest absolute Gasteiger partial charge is 0.201 e. The summed E-state index contributed by atoms with van der Waals surface area (Å²) in [4.78, 5) is 0. The third-order valence-electron chi connectivity index (χ3n) is 8.92. The van der Waals surface area contributed by atoms with E-state index in [2.05, 4.69) is 19.9 Å². The maximum Gasteiger partial charge on any atom is 0.201 e. The Morgan fingerprint density at radius 2 is 1.58 bits per heavy atom. The van der Waals surface area contributed by atoms with Crippen LogP contribution in [-0.2, 0) is 6.42 Å². The molecule has 0 N–H and O–H groups in total. The fourth-order valence-corrected chi connectivity index (χ4v) is 6.60. The summed E-state index contributed by atoms with van der Waals surface area (Å²) in [7, 11) is 0. The molecule has 33 heavy (non-hydrogen) atoms. The highest BCUT2D eigenvalue weighted by atomic mass is 19.2. The number of ether oxygens (including phenoxy) is 1. The van der Waals surface area contributed by atoms with Gasteiger partial charge in [-0.05, 0) is 99.5 Å². The zero-order valence-electron chi connectivity index (χ0n) is 20.9. The van der Waals surface area contributed by atoms with Crippen molar-refractivity contribution in [2.75, 3.05) is 0 Å². The van der Waals surface area contributed by atoms with Gasteiger partial charge >= 0.3 is 0 Å². The van der Waals surface area contributed by atoms with Crippen molar-refractivity contribution in [2.24, 2.45) is 23.7 Å². The highest BCUT2D eigenvalue weighted by Gasteiger charge is 2.30. The van der Waals surface area contributed by atoms with Crippen molar-refractivity contribution in [2.45, 2.75) is 116 Å². The molecule has 2 aliphatic carbocycles. The lowest BCUT2D eigenvalue weighted by Crippen LogP contribution is -2.25. The molecule has 0 bridgehead atoms. The van der Waals surface area contributed by atoms with Gasteiger partial charge in [0.1, 0.15) is 0 Å². The molecule has 1 nitrogen and oxygen atoms in total. The molecule has 2 fully saturated rings. The number of allylic oxidation sites excluding steroid dienone is 1. The number of rotatable bonds is 8. The van der Waals surface area contributed by atoms with Gasteiger partial charge in [-0.1, -0.05) is 58.1 Å². The van der Waals surface area contributed by atoms with E-state index >= 15 is 0 Å². The Morgan fingerprint density at radius 3 is 2.24 bits per heavy atom. The third kappa shape index (κ3) is 6.20. The predicted octanol–water partition coefficient (Wildman–Crippen LogP) is 9.27. The van der Waals surface area contributed by atoms with E-state index < -0.39 is 11.6 Å². The van der Waals surface area contributed by atoms with Crippen LogP contribution < -0.4 is 4.74 Å². The van der Waals surface area contributed by atoms with Crippen LogP contribution in [0.3, 0.4) is 0 Å². The van der Waals surface area contributed by atoms with Gasteiger partial charge in [-0.2, -0.15) is 4.39 Å².